The Balaban J connectivity index is 1.83. The number of aryl methyl sites for hydroxylation is 1. The zero-order chi connectivity index (χ0) is 22.7. The van der Waals surface area contributed by atoms with E-state index in [1.807, 2.05) is 19.1 Å². The Hall–Kier alpha value is -3.80. The van der Waals surface area contributed by atoms with Crippen LogP contribution >= 0.6 is 15.9 Å². The van der Waals surface area contributed by atoms with Crippen molar-refractivity contribution in [2.45, 2.75) is 20.4 Å². The van der Waals surface area contributed by atoms with Gasteiger partial charge in [0.05, 0.1) is 27.5 Å². The molecule has 0 fully saturated rings. The Morgan fingerprint density at radius 3 is 2.48 bits per heavy atom. The maximum Gasteiger partial charge on any atom is 0.404 e. The standard InChI is InChI=1S/C19H16BrN5O6/c1-11-5-3-4-6-16(11)31-15-8-13(7-14(9-15)24(27)28)21-17(26)10-23-12(2)18(20)19(22-23)25(29)30/h3-9H,10H2,1-2H3,(H,21,26). The van der Waals surface area contributed by atoms with Gasteiger partial charge in [0.15, 0.2) is 0 Å². The zero-order valence-electron chi connectivity index (χ0n) is 16.4. The number of hydrogen-bond acceptors (Lipinski definition) is 7. The highest BCUT2D eigenvalue weighted by Crippen LogP contribution is 2.31. The average molecular weight is 490 g/mol. The summed E-state index contributed by atoms with van der Waals surface area (Å²) in [5.74, 6) is -0.290. The summed E-state index contributed by atoms with van der Waals surface area (Å²) in [6.07, 6.45) is 0. The first-order chi connectivity index (χ1) is 14.7. The molecular formula is C19H16BrN5O6. The molecule has 31 heavy (non-hydrogen) atoms. The first-order valence-electron chi connectivity index (χ1n) is 8.86. The molecule has 1 heterocycles. The number of carbonyl (C=O) groups excluding carboxylic acids is 1. The lowest BCUT2D eigenvalue weighted by molar-refractivity contribution is -0.390. The highest BCUT2D eigenvalue weighted by molar-refractivity contribution is 9.10. The number of para-hydroxylation sites is 1. The predicted molar refractivity (Wildman–Crippen MR) is 114 cm³/mol. The molecule has 0 saturated carbocycles. The Morgan fingerprint density at radius 2 is 1.87 bits per heavy atom. The van der Waals surface area contributed by atoms with Gasteiger partial charge in [-0.15, -0.1) is 0 Å². The van der Waals surface area contributed by atoms with E-state index < -0.39 is 21.6 Å². The molecule has 0 saturated heterocycles. The number of nitro benzene ring substituents is 1. The molecule has 0 unspecified atom stereocenters. The minimum Gasteiger partial charge on any atom is -0.457 e. The summed E-state index contributed by atoms with van der Waals surface area (Å²) in [4.78, 5) is 33.5. The minimum absolute atomic E-state index is 0.140. The molecule has 11 nitrogen and oxygen atoms in total. The fourth-order valence-electron chi connectivity index (χ4n) is 2.73. The van der Waals surface area contributed by atoms with Gasteiger partial charge in [0.2, 0.25) is 5.91 Å². The lowest BCUT2D eigenvalue weighted by Gasteiger charge is -2.11. The Bertz CT molecular complexity index is 1190. The van der Waals surface area contributed by atoms with Crippen molar-refractivity contribution >= 4 is 39.0 Å². The molecule has 1 amide bonds. The van der Waals surface area contributed by atoms with Crippen molar-refractivity contribution in [3.05, 3.63) is 78.4 Å². The van der Waals surface area contributed by atoms with Gasteiger partial charge in [-0.2, -0.15) is 4.68 Å². The van der Waals surface area contributed by atoms with Crippen LogP contribution in [0.3, 0.4) is 0 Å². The number of nitrogens with zero attached hydrogens (tertiary/aromatic N) is 4. The molecule has 0 aliphatic heterocycles. The number of halogens is 1. The lowest BCUT2D eigenvalue weighted by Crippen LogP contribution is -2.20. The third kappa shape index (κ3) is 5.04. The van der Waals surface area contributed by atoms with Gasteiger partial charge in [-0.25, -0.2) is 0 Å². The van der Waals surface area contributed by atoms with Gasteiger partial charge in [-0.05, 0) is 46.3 Å². The molecule has 0 bridgehead atoms. The second-order valence-corrected chi connectivity index (χ2v) is 7.32. The smallest absolute Gasteiger partial charge is 0.404 e. The number of anilines is 1. The van der Waals surface area contributed by atoms with E-state index in [0.29, 0.717) is 11.4 Å². The number of nitrogens with one attached hydrogen (secondary N) is 1. The van der Waals surface area contributed by atoms with Crippen LogP contribution in [-0.2, 0) is 11.3 Å². The molecule has 0 aliphatic carbocycles. The van der Waals surface area contributed by atoms with Crippen LogP contribution in [0.2, 0.25) is 0 Å². The monoisotopic (exact) mass is 489 g/mol. The summed E-state index contributed by atoms with van der Waals surface area (Å²) < 4.78 is 7.09. The van der Waals surface area contributed by atoms with Crippen LogP contribution in [0, 0.1) is 34.1 Å². The molecule has 1 aromatic heterocycles. The summed E-state index contributed by atoms with van der Waals surface area (Å²) in [5.41, 5.74) is 1.10. The van der Waals surface area contributed by atoms with Crippen molar-refractivity contribution in [2.24, 2.45) is 0 Å². The summed E-state index contributed by atoms with van der Waals surface area (Å²) in [6.45, 7) is 3.08. The molecule has 0 spiro atoms. The number of amides is 1. The van der Waals surface area contributed by atoms with E-state index in [1.54, 1.807) is 19.1 Å². The van der Waals surface area contributed by atoms with E-state index in [2.05, 4.69) is 26.3 Å². The number of hydrogen-bond donors (Lipinski definition) is 1. The number of carbonyl (C=O) groups is 1. The molecule has 0 radical (unpaired) electrons. The second kappa shape index (κ2) is 8.92. The summed E-state index contributed by atoms with van der Waals surface area (Å²) in [7, 11) is 0. The maximum atomic E-state index is 12.5. The summed E-state index contributed by atoms with van der Waals surface area (Å²) in [6, 6.07) is 11.0. The summed E-state index contributed by atoms with van der Waals surface area (Å²) >= 11 is 3.08. The van der Waals surface area contributed by atoms with Crippen molar-refractivity contribution in [1.29, 1.82) is 0 Å². The molecule has 0 aliphatic rings. The first-order valence-corrected chi connectivity index (χ1v) is 9.65. The quantitative estimate of drug-likeness (QED) is 0.379. The van der Waals surface area contributed by atoms with E-state index >= 15 is 0 Å². The Morgan fingerprint density at radius 1 is 1.16 bits per heavy atom. The molecular weight excluding hydrogens is 474 g/mol. The van der Waals surface area contributed by atoms with Crippen LogP contribution < -0.4 is 10.1 Å². The van der Waals surface area contributed by atoms with Gasteiger partial charge in [0, 0.05) is 12.1 Å². The number of ether oxygens (including phenoxy) is 1. The van der Waals surface area contributed by atoms with Crippen molar-refractivity contribution in [3.8, 4) is 11.5 Å². The van der Waals surface area contributed by atoms with Crippen LogP contribution in [0.5, 0.6) is 11.5 Å². The largest absolute Gasteiger partial charge is 0.457 e. The molecule has 3 aromatic rings. The number of nitro groups is 2. The molecule has 160 valence electrons. The minimum atomic E-state index is -0.665. The SMILES string of the molecule is Cc1ccccc1Oc1cc(NC(=O)Cn2nc([N+](=O)[O-])c(Br)c2C)cc([N+](=O)[O-])c1. The first kappa shape index (κ1) is 21.9. The van der Waals surface area contributed by atoms with Gasteiger partial charge < -0.3 is 20.2 Å². The predicted octanol–water partition coefficient (Wildman–Crippen LogP) is 4.51. The molecule has 1 N–H and O–H groups in total. The van der Waals surface area contributed by atoms with Gasteiger partial charge in [-0.1, -0.05) is 18.2 Å². The van der Waals surface area contributed by atoms with Crippen LogP contribution in [0.4, 0.5) is 17.2 Å². The third-order valence-electron chi connectivity index (χ3n) is 4.29. The average Bonchev–Trinajstić information content (AvgIpc) is 2.98. The fourth-order valence-corrected chi connectivity index (χ4v) is 3.16. The molecule has 3 rings (SSSR count). The lowest BCUT2D eigenvalue weighted by atomic mass is 10.2. The molecule has 2 aromatic carbocycles. The normalized spacial score (nSPS) is 10.5. The van der Waals surface area contributed by atoms with E-state index in [0.717, 1.165) is 5.56 Å². The van der Waals surface area contributed by atoms with Gasteiger partial charge >= 0.3 is 5.82 Å². The topological polar surface area (TPSA) is 142 Å². The van der Waals surface area contributed by atoms with Crippen LogP contribution in [0.25, 0.3) is 0 Å². The van der Waals surface area contributed by atoms with Crippen LogP contribution in [0.1, 0.15) is 11.3 Å². The number of aromatic nitrogens is 2. The number of benzene rings is 2. The van der Waals surface area contributed by atoms with E-state index in [4.69, 9.17) is 4.74 Å². The van der Waals surface area contributed by atoms with E-state index in [1.165, 1.54) is 22.9 Å². The maximum absolute atomic E-state index is 12.5. The fraction of sp³-hybridized carbons (Fsp3) is 0.158. The molecule has 0 atom stereocenters. The summed E-state index contributed by atoms with van der Waals surface area (Å²) in [5, 5.41) is 28.6. The number of non-ortho nitro benzene ring substituents is 1. The van der Waals surface area contributed by atoms with Crippen LogP contribution in [-0.4, -0.2) is 25.5 Å². The number of rotatable bonds is 7. The second-order valence-electron chi connectivity index (χ2n) is 6.53. The van der Waals surface area contributed by atoms with E-state index in [-0.39, 0.29) is 28.1 Å². The highest BCUT2D eigenvalue weighted by Gasteiger charge is 2.24. The van der Waals surface area contributed by atoms with Crippen molar-refractivity contribution in [1.82, 2.24) is 9.78 Å². The van der Waals surface area contributed by atoms with Gasteiger partial charge in [-0.3, -0.25) is 14.9 Å². The van der Waals surface area contributed by atoms with Crippen molar-refractivity contribution in [2.75, 3.05) is 5.32 Å². The van der Waals surface area contributed by atoms with Crippen LogP contribution in [0.15, 0.2) is 46.9 Å². The van der Waals surface area contributed by atoms with Crippen molar-refractivity contribution in [3.63, 3.8) is 0 Å². The highest BCUT2D eigenvalue weighted by atomic mass is 79.9. The third-order valence-corrected chi connectivity index (χ3v) is 5.22. The van der Waals surface area contributed by atoms with Gasteiger partial charge in [0.25, 0.3) is 5.69 Å². The Labute approximate surface area is 184 Å². The zero-order valence-corrected chi connectivity index (χ0v) is 18.0. The Kier molecular flexibility index (Phi) is 6.30. The van der Waals surface area contributed by atoms with E-state index in [9.17, 15) is 25.0 Å². The van der Waals surface area contributed by atoms with Gasteiger partial charge in [0.1, 0.15) is 22.5 Å². The molecule has 12 heteroatoms. The van der Waals surface area contributed by atoms with Crippen molar-refractivity contribution < 1.29 is 19.4 Å².